The van der Waals surface area contributed by atoms with Crippen LogP contribution in [0.25, 0.3) is 0 Å². The average molecular weight is 306 g/mol. The van der Waals surface area contributed by atoms with Gasteiger partial charge in [-0.05, 0) is 31.5 Å². The summed E-state index contributed by atoms with van der Waals surface area (Å²) in [7, 11) is -3.29. The molecule has 0 spiro atoms. The van der Waals surface area contributed by atoms with E-state index in [9.17, 15) is 8.42 Å². The molecule has 1 aromatic rings. The lowest BCUT2D eigenvalue weighted by atomic mass is 10.1. The smallest absolute Gasteiger partial charge is 0.217 e. The fourth-order valence-electron chi connectivity index (χ4n) is 2.05. The SMILES string of the molecule is Cl.O=S(=O)(Cc1ccccn1)NCC1CCCCN1. The molecule has 1 aliphatic rings. The lowest BCUT2D eigenvalue weighted by Gasteiger charge is -2.23. The van der Waals surface area contributed by atoms with Crippen molar-refractivity contribution in [3.05, 3.63) is 30.1 Å². The maximum absolute atomic E-state index is 11.9. The number of hydrogen-bond donors (Lipinski definition) is 2. The first-order valence-electron chi connectivity index (χ1n) is 6.26. The number of nitrogens with zero attached hydrogens (tertiary/aromatic N) is 1. The summed E-state index contributed by atoms with van der Waals surface area (Å²) < 4.78 is 26.4. The highest BCUT2D eigenvalue weighted by molar-refractivity contribution is 7.88. The molecule has 7 heteroatoms. The second-order valence-corrected chi connectivity index (χ2v) is 6.38. The molecule has 1 unspecified atom stereocenters. The van der Waals surface area contributed by atoms with Gasteiger partial charge in [-0.3, -0.25) is 4.98 Å². The molecule has 0 amide bonds. The zero-order chi connectivity index (χ0) is 12.8. The van der Waals surface area contributed by atoms with Gasteiger partial charge < -0.3 is 5.32 Å². The van der Waals surface area contributed by atoms with Gasteiger partial charge in [0.2, 0.25) is 10.0 Å². The van der Waals surface area contributed by atoms with Gasteiger partial charge in [-0.25, -0.2) is 13.1 Å². The molecule has 5 nitrogen and oxygen atoms in total. The number of nitrogens with one attached hydrogen (secondary N) is 2. The third kappa shape index (κ3) is 5.86. The largest absolute Gasteiger partial charge is 0.313 e. The average Bonchev–Trinajstić information content (AvgIpc) is 2.38. The third-order valence-electron chi connectivity index (χ3n) is 3.03. The predicted octanol–water partition coefficient (Wildman–Crippen LogP) is 1.06. The van der Waals surface area contributed by atoms with E-state index in [0.717, 1.165) is 13.0 Å². The van der Waals surface area contributed by atoms with Crippen LogP contribution in [-0.2, 0) is 15.8 Å². The summed E-state index contributed by atoms with van der Waals surface area (Å²) in [5.74, 6) is -0.0550. The van der Waals surface area contributed by atoms with Crippen molar-refractivity contribution >= 4 is 22.4 Å². The highest BCUT2D eigenvalue weighted by Gasteiger charge is 2.17. The Morgan fingerprint density at radius 1 is 1.37 bits per heavy atom. The molecule has 108 valence electrons. The van der Waals surface area contributed by atoms with Crippen molar-refractivity contribution in [2.24, 2.45) is 0 Å². The van der Waals surface area contributed by atoms with E-state index in [1.165, 1.54) is 12.8 Å². The number of aromatic nitrogens is 1. The highest BCUT2D eigenvalue weighted by Crippen LogP contribution is 2.07. The zero-order valence-corrected chi connectivity index (χ0v) is 12.3. The van der Waals surface area contributed by atoms with Crippen molar-refractivity contribution in [3.8, 4) is 0 Å². The fourth-order valence-corrected chi connectivity index (χ4v) is 3.17. The van der Waals surface area contributed by atoms with Crippen LogP contribution in [0.1, 0.15) is 25.0 Å². The van der Waals surface area contributed by atoms with E-state index in [1.54, 1.807) is 24.4 Å². The van der Waals surface area contributed by atoms with Gasteiger partial charge in [-0.2, -0.15) is 0 Å². The van der Waals surface area contributed by atoms with Crippen LogP contribution in [-0.4, -0.2) is 32.5 Å². The van der Waals surface area contributed by atoms with Crippen molar-refractivity contribution in [3.63, 3.8) is 0 Å². The van der Waals surface area contributed by atoms with Crippen LogP contribution in [0.3, 0.4) is 0 Å². The van der Waals surface area contributed by atoms with Crippen molar-refractivity contribution in [2.45, 2.75) is 31.1 Å². The molecule has 0 aliphatic carbocycles. The minimum absolute atomic E-state index is 0. The normalized spacial score (nSPS) is 19.7. The summed E-state index contributed by atoms with van der Waals surface area (Å²) >= 11 is 0. The van der Waals surface area contributed by atoms with Gasteiger partial charge in [-0.1, -0.05) is 12.5 Å². The van der Waals surface area contributed by atoms with Crippen LogP contribution in [0.5, 0.6) is 0 Å². The Balaban J connectivity index is 0.00000180. The molecule has 1 aromatic heterocycles. The zero-order valence-electron chi connectivity index (χ0n) is 10.7. The Bertz CT molecular complexity index is 461. The Hall–Kier alpha value is -0.690. The third-order valence-corrected chi connectivity index (χ3v) is 4.31. The molecular weight excluding hydrogens is 286 g/mol. The van der Waals surface area contributed by atoms with E-state index in [4.69, 9.17) is 0 Å². The van der Waals surface area contributed by atoms with Crippen molar-refractivity contribution in [1.82, 2.24) is 15.0 Å². The van der Waals surface area contributed by atoms with E-state index in [0.29, 0.717) is 12.2 Å². The molecule has 1 saturated heterocycles. The van der Waals surface area contributed by atoms with Crippen LogP contribution < -0.4 is 10.0 Å². The van der Waals surface area contributed by atoms with Gasteiger partial charge in [0.05, 0.1) is 5.69 Å². The summed E-state index contributed by atoms with van der Waals surface area (Å²) in [4.78, 5) is 4.02. The van der Waals surface area contributed by atoms with Crippen molar-refractivity contribution in [2.75, 3.05) is 13.1 Å². The van der Waals surface area contributed by atoms with Gasteiger partial charge >= 0.3 is 0 Å². The molecule has 1 fully saturated rings. The Morgan fingerprint density at radius 3 is 2.84 bits per heavy atom. The first-order valence-corrected chi connectivity index (χ1v) is 7.91. The standard InChI is InChI=1S/C12H19N3O2S.ClH/c16-18(17,10-12-6-2-4-8-14-12)15-9-11-5-1-3-7-13-11;/h2,4,6,8,11,13,15H,1,3,5,7,9-10H2;1H. The maximum atomic E-state index is 11.9. The molecule has 0 radical (unpaired) electrons. The van der Waals surface area contributed by atoms with E-state index < -0.39 is 10.0 Å². The molecule has 0 aromatic carbocycles. The van der Waals surface area contributed by atoms with E-state index in [-0.39, 0.29) is 24.2 Å². The van der Waals surface area contributed by atoms with E-state index in [1.807, 2.05) is 0 Å². The molecular formula is C12H20ClN3O2S. The lowest BCUT2D eigenvalue weighted by molar-refractivity contribution is 0.398. The van der Waals surface area contributed by atoms with E-state index in [2.05, 4.69) is 15.0 Å². The molecule has 2 heterocycles. The predicted molar refractivity (Wildman–Crippen MR) is 77.8 cm³/mol. The van der Waals surface area contributed by atoms with Crippen LogP contribution in [0.15, 0.2) is 24.4 Å². The minimum Gasteiger partial charge on any atom is -0.313 e. The number of halogens is 1. The quantitative estimate of drug-likeness (QED) is 0.853. The van der Waals surface area contributed by atoms with Crippen molar-refractivity contribution < 1.29 is 8.42 Å². The monoisotopic (exact) mass is 305 g/mol. The Kier molecular flexibility index (Phi) is 6.71. The Morgan fingerprint density at radius 2 is 2.21 bits per heavy atom. The number of hydrogen-bond acceptors (Lipinski definition) is 4. The molecule has 0 bridgehead atoms. The maximum Gasteiger partial charge on any atom is 0.217 e. The lowest BCUT2D eigenvalue weighted by Crippen LogP contribution is -2.43. The second kappa shape index (κ2) is 7.79. The fraction of sp³-hybridized carbons (Fsp3) is 0.583. The first-order chi connectivity index (χ1) is 8.66. The summed E-state index contributed by atoms with van der Waals surface area (Å²) in [6.07, 6.45) is 4.98. The molecule has 2 N–H and O–H groups in total. The van der Waals surface area contributed by atoms with Crippen molar-refractivity contribution in [1.29, 1.82) is 0 Å². The van der Waals surface area contributed by atoms with Gasteiger partial charge in [-0.15, -0.1) is 12.4 Å². The summed E-state index contributed by atoms with van der Waals surface area (Å²) in [6, 6.07) is 5.55. The highest BCUT2D eigenvalue weighted by atomic mass is 35.5. The Labute approximate surface area is 120 Å². The van der Waals surface area contributed by atoms with Gasteiger partial charge in [0.15, 0.2) is 0 Å². The number of piperidine rings is 1. The van der Waals surface area contributed by atoms with Crippen LogP contribution in [0.4, 0.5) is 0 Å². The summed E-state index contributed by atoms with van der Waals surface area (Å²) in [5, 5.41) is 3.31. The van der Waals surface area contributed by atoms with Crippen LogP contribution in [0, 0.1) is 0 Å². The summed E-state index contributed by atoms with van der Waals surface area (Å²) in [5.41, 5.74) is 0.571. The summed E-state index contributed by atoms with van der Waals surface area (Å²) in [6.45, 7) is 1.45. The van der Waals surface area contributed by atoms with Gasteiger partial charge in [0, 0.05) is 18.8 Å². The molecule has 19 heavy (non-hydrogen) atoms. The van der Waals surface area contributed by atoms with Gasteiger partial charge in [0.25, 0.3) is 0 Å². The molecule has 0 saturated carbocycles. The topological polar surface area (TPSA) is 71.1 Å². The number of sulfonamides is 1. The minimum atomic E-state index is -3.29. The molecule has 2 rings (SSSR count). The first kappa shape index (κ1) is 16.4. The molecule has 1 atom stereocenters. The number of rotatable bonds is 5. The van der Waals surface area contributed by atoms with Gasteiger partial charge in [0.1, 0.15) is 5.75 Å². The van der Waals surface area contributed by atoms with Crippen LogP contribution >= 0.6 is 12.4 Å². The second-order valence-electron chi connectivity index (χ2n) is 4.58. The number of pyridine rings is 1. The van der Waals surface area contributed by atoms with E-state index >= 15 is 0 Å². The molecule has 1 aliphatic heterocycles. The van der Waals surface area contributed by atoms with Crippen LogP contribution in [0.2, 0.25) is 0 Å².